The predicted molar refractivity (Wildman–Crippen MR) is 148 cm³/mol. The van der Waals surface area contributed by atoms with Crippen molar-refractivity contribution in [2.24, 2.45) is 5.10 Å². The SMILES string of the molecule is COc1ccc(Nc2nc(NCc3ccco3)nc(N/N=C/c3ccc(-c4ccc(Cl)cc4Cl)o3)n2)cc1. The number of anilines is 4. The number of rotatable bonds is 10. The first kappa shape index (κ1) is 25.1. The van der Waals surface area contributed by atoms with Crippen molar-refractivity contribution < 1.29 is 13.6 Å². The van der Waals surface area contributed by atoms with Crippen molar-refractivity contribution >= 4 is 52.9 Å². The van der Waals surface area contributed by atoms with Crippen molar-refractivity contribution in [1.29, 1.82) is 0 Å². The van der Waals surface area contributed by atoms with E-state index in [4.69, 9.17) is 36.8 Å². The normalized spacial score (nSPS) is 11.0. The van der Waals surface area contributed by atoms with Gasteiger partial charge in [-0.15, -0.1) is 0 Å². The maximum absolute atomic E-state index is 6.28. The molecule has 0 aliphatic rings. The summed E-state index contributed by atoms with van der Waals surface area (Å²) >= 11 is 12.3. The maximum atomic E-state index is 6.28. The molecule has 3 N–H and O–H groups in total. The summed E-state index contributed by atoms with van der Waals surface area (Å²) in [4.78, 5) is 13.2. The number of ether oxygens (including phenoxy) is 1. The number of nitrogens with zero attached hydrogens (tertiary/aromatic N) is 4. The molecule has 0 fully saturated rings. The zero-order chi connectivity index (χ0) is 26.3. The van der Waals surface area contributed by atoms with E-state index < -0.39 is 0 Å². The summed E-state index contributed by atoms with van der Waals surface area (Å²) in [5.74, 6) is 3.40. The summed E-state index contributed by atoms with van der Waals surface area (Å²) < 4.78 is 16.4. The number of hydrazone groups is 1. The molecule has 0 amide bonds. The van der Waals surface area contributed by atoms with Crippen LogP contribution in [0.2, 0.25) is 10.0 Å². The lowest BCUT2D eigenvalue weighted by molar-refractivity contribution is 0.415. The van der Waals surface area contributed by atoms with E-state index in [1.165, 1.54) is 6.21 Å². The molecule has 0 unspecified atom stereocenters. The molecule has 0 bridgehead atoms. The van der Waals surface area contributed by atoms with Crippen LogP contribution in [-0.4, -0.2) is 28.3 Å². The summed E-state index contributed by atoms with van der Waals surface area (Å²) in [7, 11) is 1.61. The Hall–Kier alpha value is -4.54. The van der Waals surface area contributed by atoms with Crippen LogP contribution >= 0.6 is 23.2 Å². The quantitative estimate of drug-likeness (QED) is 0.127. The zero-order valence-electron chi connectivity index (χ0n) is 20.0. The molecule has 0 aliphatic heterocycles. The van der Waals surface area contributed by atoms with Crippen molar-refractivity contribution in [2.75, 3.05) is 23.2 Å². The van der Waals surface area contributed by atoms with Gasteiger partial charge in [-0.3, -0.25) is 0 Å². The summed E-state index contributed by atoms with van der Waals surface area (Å²) in [5, 5.41) is 11.5. The number of halogens is 2. The lowest BCUT2D eigenvalue weighted by atomic mass is 10.2. The summed E-state index contributed by atoms with van der Waals surface area (Å²) in [6.45, 7) is 0.393. The van der Waals surface area contributed by atoms with Gasteiger partial charge >= 0.3 is 0 Å². The first-order valence-corrected chi connectivity index (χ1v) is 12.1. The molecule has 10 nitrogen and oxygen atoms in total. The minimum Gasteiger partial charge on any atom is -0.497 e. The smallest absolute Gasteiger partial charge is 0.250 e. The molecule has 0 atom stereocenters. The van der Waals surface area contributed by atoms with Gasteiger partial charge in [0.25, 0.3) is 0 Å². The molecule has 5 aromatic rings. The number of hydrogen-bond donors (Lipinski definition) is 3. The van der Waals surface area contributed by atoms with Crippen LogP contribution in [-0.2, 0) is 6.54 Å². The van der Waals surface area contributed by atoms with Crippen LogP contribution in [0.4, 0.5) is 23.5 Å². The summed E-state index contributed by atoms with van der Waals surface area (Å²) in [6.07, 6.45) is 3.10. The van der Waals surface area contributed by atoms with E-state index >= 15 is 0 Å². The van der Waals surface area contributed by atoms with E-state index in [1.807, 2.05) is 36.4 Å². The van der Waals surface area contributed by atoms with Crippen LogP contribution in [0.1, 0.15) is 11.5 Å². The molecule has 192 valence electrons. The van der Waals surface area contributed by atoms with Crippen LogP contribution in [0.25, 0.3) is 11.3 Å². The molecule has 0 spiro atoms. The molecule has 0 saturated heterocycles. The first-order chi connectivity index (χ1) is 18.6. The van der Waals surface area contributed by atoms with Crippen molar-refractivity contribution in [2.45, 2.75) is 6.54 Å². The minimum absolute atomic E-state index is 0.210. The highest BCUT2D eigenvalue weighted by Crippen LogP contribution is 2.31. The van der Waals surface area contributed by atoms with Gasteiger partial charge in [-0.25, -0.2) is 5.43 Å². The molecular formula is C26H21Cl2N7O3. The van der Waals surface area contributed by atoms with Gasteiger partial charge in [0.2, 0.25) is 17.8 Å². The third kappa shape index (κ3) is 6.41. The van der Waals surface area contributed by atoms with Gasteiger partial charge in [0.05, 0.1) is 31.2 Å². The lowest BCUT2D eigenvalue weighted by Gasteiger charge is -2.10. The van der Waals surface area contributed by atoms with E-state index in [2.05, 4.69) is 36.1 Å². The van der Waals surface area contributed by atoms with Gasteiger partial charge in [-0.1, -0.05) is 23.2 Å². The minimum atomic E-state index is 0.210. The van der Waals surface area contributed by atoms with Gasteiger partial charge in [-0.2, -0.15) is 20.1 Å². The summed E-state index contributed by atoms with van der Waals surface area (Å²) in [6, 6.07) is 19.8. The Balaban J connectivity index is 1.32. The number of hydrogen-bond acceptors (Lipinski definition) is 10. The molecular weight excluding hydrogens is 529 g/mol. The standard InChI is InChI=1S/C26H21Cl2N7O3/c1-36-18-7-5-17(6-8-18)31-25-32-24(29-14-19-3-2-12-37-19)33-26(34-25)35-30-15-20-9-11-23(38-20)21-10-4-16(27)13-22(21)28/h2-13,15H,14H2,1H3,(H3,29,31,32,33,34,35)/b30-15+. The highest BCUT2D eigenvalue weighted by Gasteiger charge is 2.10. The Morgan fingerprint density at radius 3 is 2.53 bits per heavy atom. The van der Waals surface area contributed by atoms with Gasteiger partial charge in [0.15, 0.2) is 0 Å². The number of furan rings is 2. The van der Waals surface area contributed by atoms with Crippen molar-refractivity contribution in [3.05, 3.63) is 94.6 Å². The molecule has 3 aromatic heterocycles. The third-order valence-corrected chi connectivity index (χ3v) is 5.71. The molecule has 0 saturated carbocycles. The largest absolute Gasteiger partial charge is 0.497 e. The van der Waals surface area contributed by atoms with Gasteiger partial charge < -0.3 is 24.2 Å². The van der Waals surface area contributed by atoms with Crippen LogP contribution in [0.3, 0.4) is 0 Å². The van der Waals surface area contributed by atoms with Crippen LogP contribution < -0.4 is 20.8 Å². The average molecular weight is 550 g/mol. The fraction of sp³-hybridized carbons (Fsp3) is 0.0769. The molecule has 2 aromatic carbocycles. The Bertz CT molecular complexity index is 1540. The molecule has 0 radical (unpaired) electrons. The van der Waals surface area contributed by atoms with E-state index in [1.54, 1.807) is 43.7 Å². The molecule has 38 heavy (non-hydrogen) atoms. The monoisotopic (exact) mass is 549 g/mol. The van der Waals surface area contributed by atoms with E-state index in [-0.39, 0.29) is 5.95 Å². The molecule has 12 heteroatoms. The Labute approximate surface area is 227 Å². The van der Waals surface area contributed by atoms with Gasteiger partial charge in [-0.05, 0) is 66.7 Å². The van der Waals surface area contributed by atoms with Crippen molar-refractivity contribution in [1.82, 2.24) is 15.0 Å². The second-order valence-corrected chi connectivity index (χ2v) is 8.63. The number of nitrogens with one attached hydrogen (secondary N) is 3. The predicted octanol–water partition coefficient (Wildman–Crippen LogP) is 6.84. The maximum Gasteiger partial charge on any atom is 0.250 e. The van der Waals surface area contributed by atoms with Crippen molar-refractivity contribution in [3.63, 3.8) is 0 Å². The second-order valence-electron chi connectivity index (χ2n) is 7.79. The van der Waals surface area contributed by atoms with Crippen LogP contribution in [0, 0.1) is 0 Å². The molecule has 0 aliphatic carbocycles. The van der Waals surface area contributed by atoms with Gasteiger partial charge in [0, 0.05) is 16.3 Å². The lowest BCUT2D eigenvalue weighted by Crippen LogP contribution is -2.09. The summed E-state index contributed by atoms with van der Waals surface area (Å²) in [5.41, 5.74) is 4.31. The topological polar surface area (TPSA) is 123 Å². The van der Waals surface area contributed by atoms with Crippen LogP contribution in [0.5, 0.6) is 5.75 Å². The number of methoxy groups -OCH3 is 1. The zero-order valence-corrected chi connectivity index (χ0v) is 21.5. The van der Waals surface area contributed by atoms with E-state index in [0.717, 1.165) is 22.8 Å². The van der Waals surface area contributed by atoms with E-state index in [0.29, 0.717) is 40.0 Å². The second kappa shape index (κ2) is 11.7. The fourth-order valence-corrected chi connectivity index (χ4v) is 3.86. The highest BCUT2D eigenvalue weighted by atomic mass is 35.5. The fourth-order valence-electron chi connectivity index (χ4n) is 3.35. The average Bonchev–Trinajstić information content (AvgIpc) is 3.61. The van der Waals surface area contributed by atoms with Gasteiger partial charge in [0.1, 0.15) is 23.0 Å². The Morgan fingerprint density at radius 2 is 1.76 bits per heavy atom. The molecule has 3 heterocycles. The highest BCUT2D eigenvalue weighted by molar-refractivity contribution is 6.36. The first-order valence-electron chi connectivity index (χ1n) is 11.3. The number of aromatic nitrogens is 3. The number of benzene rings is 2. The van der Waals surface area contributed by atoms with Crippen molar-refractivity contribution in [3.8, 4) is 17.1 Å². The Kier molecular flexibility index (Phi) is 7.72. The van der Waals surface area contributed by atoms with E-state index in [9.17, 15) is 0 Å². The third-order valence-electron chi connectivity index (χ3n) is 5.16. The molecule has 5 rings (SSSR count). The Morgan fingerprint density at radius 1 is 0.947 bits per heavy atom. The van der Waals surface area contributed by atoms with Crippen LogP contribution in [0.15, 0.2) is 86.9 Å².